The number of benzene rings is 2. The molecule has 1 aliphatic heterocycles. The van der Waals surface area contributed by atoms with Crippen molar-refractivity contribution >= 4 is 11.8 Å². The molecule has 0 radical (unpaired) electrons. The number of phenols is 1. The fourth-order valence-corrected chi connectivity index (χ4v) is 3.60. The number of amides is 2. The number of carbonyl (C=O) groups excluding carboxylic acids is 2. The molecule has 30 heavy (non-hydrogen) atoms. The fourth-order valence-electron chi connectivity index (χ4n) is 3.60. The van der Waals surface area contributed by atoms with E-state index in [-0.39, 0.29) is 28.9 Å². The van der Waals surface area contributed by atoms with E-state index in [0.29, 0.717) is 38.3 Å². The lowest BCUT2D eigenvalue weighted by Crippen LogP contribution is -2.50. The number of hydrogen-bond donors (Lipinski definition) is 1. The molecule has 0 spiro atoms. The largest absolute Gasteiger partial charge is 0.507 e. The molecule has 1 aromatic heterocycles. The summed E-state index contributed by atoms with van der Waals surface area (Å²) in [6, 6.07) is 16.7. The van der Waals surface area contributed by atoms with Crippen LogP contribution in [0.15, 0.2) is 59.1 Å². The monoisotopic (exact) mass is 405 g/mol. The van der Waals surface area contributed by atoms with Crippen molar-refractivity contribution in [1.29, 1.82) is 0 Å². The Balaban J connectivity index is 1.42. The van der Waals surface area contributed by atoms with Crippen LogP contribution in [0.4, 0.5) is 0 Å². The molecule has 0 bridgehead atoms. The molecule has 0 saturated carbocycles. The van der Waals surface area contributed by atoms with Gasteiger partial charge in [-0.15, -0.1) is 0 Å². The summed E-state index contributed by atoms with van der Waals surface area (Å²) in [6.07, 6.45) is 0.681. The van der Waals surface area contributed by atoms with E-state index in [4.69, 9.17) is 4.52 Å². The van der Waals surface area contributed by atoms with Crippen molar-refractivity contribution in [2.75, 3.05) is 26.2 Å². The number of aryl methyl sites for hydroxylation is 1. The normalized spacial score (nSPS) is 14.0. The minimum Gasteiger partial charge on any atom is -0.507 e. The Morgan fingerprint density at radius 1 is 0.933 bits per heavy atom. The van der Waals surface area contributed by atoms with E-state index < -0.39 is 0 Å². The van der Waals surface area contributed by atoms with Gasteiger partial charge in [0.2, 0.25) is 5.76 Å². The van der Waals surface area contributed by atoms with Crippen molar-refractivity contribution < 1.29 is 19.2 Å². The van der Waals surface area contributed by atoms with Gasteiger partial charge in [0.1, 0.15) is 5.75 Å². The lowest BCUT2D eigenvalue weighted by Gasteiger charge is -2.34. The SMILES string of the molecule is Cc1cc(C(=O)N2CCN(C(=O)c3cc(Cc4ccccc4)ccc3O)CC2)on1. The van der Waals surface area contributed by atoms with Crippen LogP contribution in [0, 0.1) is 6.92 Å². The number of carbonyl (C=O) groups is 2. The Bertz CT molecular complexity index is 1050. The molecular weight excluding hydrogens is 382 g/mol. The molecular formula is C23H23N3O4. The fraction of sp³-hybridized carbons (Fsp3) is 0.261. The predicted molar refractivity (Wildman–Crippen MR) is 110 cm³/mol. The minimum absolute atomic E-state index is 0.0348. The van der Waals surface area contributed by atoms with Crippen LogP contribution in [0.1, 0.15) is 37.7 Å². The zero-order valence-electron chi connectivity index (χ0n) is 16.7. The van der Waals surface area contributed by atoms with Crippen LogP contribution < -0.4 is 0 Å². The van der Waals surface area contributed by atoms with Crippen molar-refractivity contribution in [3.8, 4) is 5.75 Å². The van der Waals surface area contributed by atoms with Gasteiger partial charge in [-0.2, -0.15) is 0 Å². The first-order valence-corrected chi connectivity index (χ1v) is 9.89. The Morgan fingerprint density at radius 2 is 1.60 bits per heavy atom. The Kier molecular flexibility index (Phi) is 5.52. The van der Waals surface area contributed by atoms with E-state index in [1.165, 1.54) is 0 Å². The summed E-state index contributed by atoms with van der Waals surface area (Å²) in [4.78, 5) is 28.8. The van der Waals surface area contributed by atoms with Crippen LogP contribution >= 0.6 is 0 Å². The summed E-state index contributed by atoms with van der Waals surface area (Å²) >= 11 is 0. The lowest BCUT2D eigenvalue weighted by molar-refractivity contribution is 0.0511. The Labute approximate surface area is 174 Å². The highest BCUT2D eigenvalue weighted by Gasteiger charge is 2.28. The second kappa shape index (κ2) is 8.41. The van der Waals surface area contributed by atoms with Gasteiger partial charge in [-0.25, -0.2) is 0 Å². The third-order valence-corrected chi connectivity index (χ3v) is 5.24. The van der Waals surface area contributed by atoms with Gasteiger partial charge in [-0.3, -0.25) is 9.59 Å². The molecule has 0 atom stereocenters. The lowest BCUT2D eigenvalue weighted by atomic mass is 10.0. The van der Waals surface area contributed by atoms with E-state index in [2.05, 4.69) is 5.16 Å². The van der Waals surface area contributed by atoms with Gasteiger partial charge in [-0.1, -0.05) is 41.6 Å². The summed E-state index contributed by atoms with van der Waals surface area (Å²) in [7, 11) is 0. The highest BCUT2D eigenvalue weighted by atomic mass is 16.5. The maximum absolute atomic E-state index is 13.0. The quantitative estimate of drug-likeness (QED) is 0.721. The minimum atomic E-state index is -0.231. The molecule has 7 heteroatoms. The van der Waals surface area contributed by atoms with E-state index in [1.807, 2.05) is 36.4 Å². The van der Waals surface area contributed by atoms with Crippen LogP contribution in [-0.2, 0) is 6.42 Å². The third kappa shape index (κ3) is 4.20. The van der Waals surface area contributed by atoms with Crippen LogP contribution in [0.2, 0.25) is 0 Å². The van der Waals surface area contributed by atoms with E-state index >= 15 is 0 Å². The maximum Gasteiger partial charge on any atom is 0.292 e. The number of phenolic OH excluding ortho intramolecular Hbond substituents is 1. The van der Waals surface area contributed by atoms with Gasteiger partial charge >= 0.3 is 0 Å². The molecule has 154 valence electrons. The maximum atomic E-state index is 13.0. The molecule has 4 rings (SSSR count). The number of hydrogen-bond acceptors (Lipinski definition) is 5. The van der Waals surface area contributed by atoms with Crippen LogP contribution in [0.3, 0.4) is 0 Å². The molecule has 1 saturated heterocycles. The summed E-state index contributed by atoms with van der Waals surface area (Å²) in [5.41, 5.74) is 3.03. The molecule has 1 N–H and O–H groups in total. The van der Waals surface area contributed by atoms with Crippen molar-refractivity contribution in [3.63, 3.8) is 0 Å². The summed E-state index contributed by atoms with van der Waals surface area (Å²) in [5, 5.41) is 14.0. The van der Waals surface area contributed by atoms with Crippen molar-refractivity contribution in [3.05, 3.63) is 82.7 Å². The second-order valence-electron chi connectivity index (χ2n) is 7.43. The zero-order valence-corrected chi connectivity index (χ0v) is 16.7. The van der Waals surface area contributed by atoms with Gasteiger partial charge in [0.25, 0.3) is 11.8 Å². The van der Waals surface area contributed by atoms with Gasteiger partial charge in [0.15, 0.2) is 0 Å². The van der Waals surface area contributed by atoms with E-state index in [0.717, 1.165) is 11.1 Å². The average Bonchev–Trinajstić information content (AvgIpc) is 3.21. The van der Waals surface area contributed by atoms with E-state index in [9.17, 15) is 14.7 Å². The molecule has 2 heterocycles. The van der Waals surface area contributed by atoms with Gasteiger partial charge in [0.05, 0.1) is 11.3 Å². The number of aromatic hydroxyl groups is 1. The summed E-state index contributed by atoms with van der Waals surface area (Å²) < 4.78 is 5.05. The molecule has 1 fully saturated rings. The van der Waals surface area contributed by atoms with Gasteiger partial charge in [0, 0.05) is 32.2 Å². The topological polar surface area (TPSA) is 86.9 Å². The number of piperazine rings is 1. The van der Waals surface area contributed by atoms with Crippen LogP contribution in [-0.4, -0.2) is 58.1 Å². The van der Waals surface area contributed by atoms with Crippen LogP contribution in [0.5, 0.6) is 5.75 Å². The second-order valence-corrected chi connectivity index (χ2v) is 7.43. The highest BCUT2D eigenvalue weighted by molar-refractivity contribution is 5.97. The molecule has 7 nitrogen and oxygen atoms in total. The van der Waals surface area contributed by atoms with Crippen molar-refractivity contribution in [2.24, 2.45) is 0 Å². The first kappa shape index (κ1) is 19.7. The van der Waals surface area contributed by atoms with Crippen molar-refractivity contribution in [2.45, 2.75) is 13.3 Å². The average molecular weight is 405 g/mol. The number of nitrogens with zero attached hydrogens (tertiary/aromatic N) is 3. The van der Waals surface area contributed by atoms with Crippen LogP contribution in [0.25, 0.3) is 0 Å². The first-order valence-electron chi connectivity index (χ1n) is 9.89. The Hall–Kier alpha value is -3.61. The molecule has 0 unspecified atom stereocenters. The standard InChI is InChI=1S/C23H23N3O4/c1-16-13-21(30-24-16)23(29)26-11-9-25(10-12-26)22(28)19-15-18(7-8-20(19)27)14-17-5-3-2-4-6-17/h2-8,13,15,27H,9-12,14H2,1H3. The Morgan fingerprint density at radius 3 is 2.23 bits per heavy atom. The number of aromatic nitrogens is 1. The zero-order chi connectivity index (χ0) is 21.1. The molecule has 2 amide bonds. The predicted octanol–water partition coefficient (Wildman–Crippen LogP) is 2.88. The smallest absolute Gasteiger partial charge is 0.292 e. The number of rotatable bonds is 4. The molecule has 1 aliphatic rings. The van der Waals surface area contributed by atoms with E-state index in [1.54, 1.807) is 34.9 Å². The summed E-state index contributed by atoms with van der Waals surface area (Å²) in [5.74, 6) is -0.286. The summed E-state index contributed by atoms with van der Waals surface area (Å²) in [6.45, 7) is 3.33. The van der Waals surface area contributed by atoms with Gasteiger partial charge < -0.3 is 19.4 Å². The molecule has 3 aromatic rings. The van der Waals surface area contributed by atoms with Crippen molar-refractivity contribution in [1.82, 2.24) is 15.0 Å². The van der Waals surface area contributed by atoms with Gasteiger partial charge in [-0.05, 0) is 36.6 Å². The first-order chi connectivity index (χ1) is 14.5. The highest BCUT2D eigenvalue weighted by Crippen LogP contribution is 2.23. The molecule has 0 aliphatic carbocycles. The third-order valence-electron chi connectivity index (χ3n) is 5.24. The molecule has 2 aromatic carbocycles.